The van der Waals surface area contributed by atoms with Gasteiger partial charge in [0.2, 0.25) is 0 Å². The fraction of sp³-hybridized carbons (Fsp3) is 0.367. The maximum absolute atomic E-state index is 11.6. The Balaban J connectivity index is 1.22. The minimum Gasteiger partial charge on any atom is -0.497 e. The second-order valence-electron chi connectivity index (χ2n) is 9.91. The number of carboxylic acids is 1. The number of halogens is 1. The lowest BCUT2D eigenvalue weighted by Gasteiger charge is -2.39. The highest BCUT2D eigenvalue weighted by Gasteiger charge is 2.42. The Bertz CT molecular complexity index is 1260. The predicted octanol–water partition coefficient (Wildman–Crippen LogP) is 5.48. The molecule has 0 amide bonds. The number of carboxylic acid groups (broad SMARTS) is 1. The van der Waals surface area contributed by atoms with E-state index in [9.17, 15) is 9.90 Å². The number of fused-ring (bicyclic) bond motifs is 1. The maximum Gasteiger partial charge on any atom is 0.339 e. The van der Waals surface area contributed by atoms with Gasteiger partial charge in [-0.2, -0.15) is 0 Å². The average molecular weight is 538 g/mol. The van der Waals surface area contributed by atoms with Crippen molar-refractivity contribution >= 4 is 17.6 Å². The highest BCUT2D eigenvalue weighted by Crippen LogP contribution is 2.42. The molecule has 38 heavy (non-hydrogen) atoms. The Morgan fingerprint density at radius 3 is 2.61 bits per heavy atom. The number of para-hydroxylation sites is 1. The van der Waals surface area contributed by atoms with Crippen LogP contribution in [-0.4, -0.2) is 61.0 Å². The van der Waals surface area contributed by atoms with Crippen LogP contribution in [0.4, 0.5) is 0 Å². The molecular weight excluding hydrogens is 506 g/mol. The van der Waals surface area contributed by atoms with E-state index in [1.165, 1.54) is 5.56 Å². The SMILES string of the molecule is COc1ccc(CO[C@H](COc2ccccc2C(=O)O)CN2CCC3(CC2)Cc2cc(Cl)ccc2O3)cc1. The first-order valence-corrected chi connectivity index (χ1v) is 13.2. The second kappa shape index (κ2) is 11.6. The predicted molar refractivity (Wildman–Crippen MR) is 145 cm³/mol. The molecule has 3 aromatic carbocycles. The molecule has 2 aliphatic rings. The van der Waals surface area contributed by atoms with Crippen molar-refractivity contribution in [2.75, 3.05) is 33.4 Å². The van der Waals surface area contributed by atoms with Gasteiger partial charge >= 0.3 is 5.97 Å². The number of ether oxygens (including phenoxy) is 4. The van der Waals surface area contributed by atoms with E-state index in [4.69, 9.17) is 30.5 Å². The number of methoxy groups -OCH3 is 1. The summed E-state index contributed by atoms with van der Waals surface area (Å²) < 4.78 is 23.9. The molecule has 0 bridgehead atoms. The first-order valence-electron chi connectivity index (χ1n) is 12.8. The second-order valence-corrected chi connectivity index (χ2v) is 10.3. The fourth-order valence-electron chi connectivity index (χ4n) is 5.15. The van der Waals surface area contributed by atoms with Crippen LogP contribution in [0.2, 0.25) is 5.02 Å². The quantitative estimate of drug-likeness (QED) is 0.367. The number of carbonyl (C=O) groups is 1. The van der Waals surface area contributed by atoms with E-state index in [-0.39, 0.29) is 23.9 Å². The van der Waals surface area contributed by atoms with Crippen LogP contribution in [0.15, 0.2) is 66.7 Å². The Labute approximate surface area is 227 Å². The van der Waals surface area contributed by atoms with Crippen molar-refractivity contribution in [3.63, 3.8) is 0 Å². The zero-order valence-corrected chi connectivity index (χ0v) is 22.2. The molecule has 0 aliphatic carbocycles. The summed E-state index contributed by atoms with van der Waals surface area (Å²) in [5, 5.41) is 10.3. The van der Waals surface area contributed by atoms with Crippen LogP contribution in [0.1, 0.15) is 34.3 Å². The average Bonchev–Trinajstić information content (AvgIpc) is 3.28. The molecule has 1 fully saturated rings. The summed E-state index contributed by atoms with van der Waals surface area (Å²) in [6.07, 6.45) is 2.44. The van der Waals surface area contributed by atoms with E-state index in [2.05, 4.69) is 4.90 Å². The third kappa shape index (κ3) is 6.23. The van der Waals surface area contributed by atoms with Crippen molar-refractivity contribution in [2.45, 2.75) is 37.6 Å². The Morgan fingerprint density at radius 2 is 1.87 bits per heavy atom. The first kappa shape index (κ1) is 26.4. The Morgan fingerprint density at radius 1 is 1.11 bits per heavy atom. The molecule has 5 rings (SSSR count). The number of hydrogen-bond donors (Lipinski definition) is 1. The topological polar surface area (TPSA) is 77.5 Å². The van der Waals surface area contributed by atoms with E-state index in [1.54, 1.807) is 31.4 Å². The van der Waals surface area contributed by atoms with Gasteiger partial charge in [0.05, 0.1) is 13.7 Å². The molecule has 7 nitrogen and oxygen atoms in total. The van der Waals surface area contributed by atoms with Crippen LogP contribution in [0.5, 0.6) is 17.2 Å². The summed E-state index contributed by atoms with van der Waals surface area (Å²) in [7, 11) is 1.64. The highest BCUT2D eigenvalue weighted by molar-refractivity contribution is 6.30. The summed E-state index contributed by atoms with van der Waals surface area (Å²) in [5.74, 6) is 1.05. The van der Waals surface area contributed by atoms with Crippen LogP contribution in [-0.2, 0) is 17.8 Å². The number of rotatable bonds is 10. The van der Waals surface area contributed by atoms with E-state index in [0.717, 1.165) is 54.4 Å². The third-order valence-corrected chi connectivity index (χ3v) is 7.51. The van der Waals surface area contributed by atoms with Gasteiger partial charge in [-0.3, -0.25) is 0 Å². The van der Waals surface area contributed by atoms with Crippen molar-refractivity contribution in [3.05, 3.63) is 88.4 Å². The highest BCUT2D eigenvalue weighted by atomic mass is 35.5. The zero-order chi connectivity index (χ0) is 26.5. The molecule has 1 atom stereocenters. The summed E-state index contributed by atoms with van der Waals surface area (Å²) in [6.45, 7) is 3.06. The molecule has 3 aromatic rings. The number of aromatic carboxylic acids is 1. The van der Waals surface area contributed by atoms with Gasteiger partial charge < -0.3 is 29.0 Å². The molecular formula is C30H32ClNO6. The van der Waals surface area contributed by atoms with Crippen molar-refractivity contribution in [1.29, 1.82) is 0 Å². The molecule has 0 unspecified atom stereocenters. The molecule has 1 N–H and O–H groups in total. The number of hydrogen-bond acceptors (Lipinski definition) is 6. The maximum atomic E-state index is 11.6. The number of likely N-dealkylation sites (tertiary alicyclic amines) is 1. The largest absolute Gasteiger partial charge is 0.497 e. The van der Waals surface area contributed by atoms with Crippen LogP contribution in [0.3, 0.4) is 0 Å². The normalized spacial score (nSPS) is 17.0. The van der Waals surface area contributed by atoms with Gasteiger partial charge in [0.25, 0.3) is 0 Å². The first-order chi connectivity index (χ1) is 18.4. The van der Waals surface area contributed by atoms with Gasteiger partial charge in [-0.15, -0.1) is 0 Å². The molecule has 200 valence electrons. The van der Waals surface area contributed by atoms with Gasteiger partial charge in [0, 0.05) is 43.9 Å². The van der Waals surface area contributed by atoms with Crippen molar-refractivity contribution < 1.29 is 28.8 Å². The van der Waals surface area contributed by atoms with Crippen LogP contribution >= 0.6 is 11.6 Å². The molecule has 1 spiro atoms. The lowest BCUT2D eigenvalue weighted by molar-refractivity contribution is -0.0343. The van der Waals surface area contributed by atoms with Gasteiger partial charge in [-0.25, -0.2) is 4.79 Å². The molecule has 8 heteroatoms. The number of nitrogens with zero attached hydrogens (tertiary/aromatic N) is 1. The number of piperidine rings is 1. The van der Waals surface area contributed by atoms with Gasteiger partial charge in [0.15, 0.2) is 0 Å². The smallest absolute Gasteiger partial charge is 0.339 e. The minimum absolute atomic E-state index is 0.138. The van der Waals surface area contributed by atoms with Gasteiger partial charge in [-0.05, 0) is 53.6 Å². The Kier molecular flexibility index (Phi) is 8.07. The van der Waals surface area contributed by atoms with Crippen molar-refractivity contribution in [1.82, 2.24) is 4.90 Å². The summed E-state index contributed by atoms with van der Waals surface area (Å²) in [4.78, 5) is 14.0. The molecule has 0 saturated carbocycles. The van der Waals surface area contributed by atoms with Gasteiger partial charge in [0.1, 0.15) is 41.1 Å². The summed E-state index contributed by atoms with van der Waals surface area (Å²) >= 11 is 6.19. The molecule has 1 saturated heterocycles. The summed E-state index contributed by atoms with van der Waals surface area (Å²) in [6, 6.07) is 20.3. The van der Waals surface area contributed by atoms with Crippen LogP contribution in [0, 0.1) is 0 Å². The molecule has 2 aliphatic heterocycles. The van der Waals surface area contributed by atoms with Crippen molar-refractivity contribution in [3.8, 4) is 17.2 Å². The molecule has 0 radical (unpaired) electrons. The van der Waals surface area contributed by atoms with Crippen LogP contribution < -0.4 is 14.2 Å². The summed E-state index contributed by atoms with van der Waals surface area (Å²) in [5.41, 5.74) is 2.16. The van der Waals surface area contributed by atoms with Gasteiger partial charge in [-0.1, -0.05) is 35.9 Å². The van der Waals surface area contributed by atoms with Crippen molar-refractivity contribution in [2.24, 2.45) is 0 Å². The fourth-order valence-corrected chi connectivity index (χ4v) is 5.35. The van der Waals surface area contributed by atoms with E-state index < -0.39 is 5.97 Å². The zero-order valence-electron chi connectivity index (χ0n) is 21.4. The lowest BCUT2D eigenvalue weighted by atomic mass is 9.87. The number of benzene rings is 3. The molecule has 0 aromatic heterocycles. The standard InChI is InChI=1S/C30H32ClNO6/c1-35-24-9-6-21(7-10-24)19-36-25(20-37-28-5-3-2-4-26(28)29(33)34)18-32-14-12-30(13-15-32)17-22-16-23(31)8-11-27(22)38-30/h2-11,16,25H,12-15,17-20H2,1H3,(H,33,34)/t25-/m0/s1. The Hall–Kier alpha value is -3.26. The molecule has 2 heterocycles. The van der Waals surface area contributed by atoms with E-state index in [0.29, 0.717) is 18.9 Å². The minimum atomic E-state index is -1.02. The van der Waals surface area contributed by atoms with E-state index in [1.807, 2.05) is 42.5 Å². The monoisotopic (exact) mass is 537 g/mol. The van der Waals surface area contributed by atoms with Crippen LogP contribution in [0.25, 0.3) is 0 Å². The van der Waals surface area contributed by atoms with E-state index >= 15 is 0 Å². The third-order valence-electron chi connectivity index (χ3n) is 7.28. The lowest BCUT2D eigenvalue weighted by Crippen LogP contribution is -2.49.